The number of aliphatic hydroxyl groups is 1. The van der Waals surface area contributed by atoms with Crippen LogP contribution >= 0.6 is 0 Å². The zero-order chi connectivity index (χ0) is 27.9. The molecule has 1 N–H and O–H groups in total. The summed E-state index contributed by atoms with van der Waals surface area (Å²) in [5.74, 6) is 1.50. The van der Waals surface area contributed by atoms with Crippen LogP contribution in [0.5, 0.6) is 0 Å². The monoisotopic (exact) mass is 528 g/mol. The summed E-state index contributed by atoms with van der Waals surface area (Å²) >= 11 is 0. The molecular formula is C33H52O5. The van der Waals surface area contributed by atoms with Gasteiger partial charge < -0.3 is 14.6 Å². The Kier molecular flexibility index (Phi) is 6.73. The minimum Gasteiger partial charge on any atom is -0.466 e. The molecule has 4 saturated carbocycles. The number of carbonyl (C=O) groups excluding carboxylic acids is 2. The number of hydrogen-bond acceptors (Lipinski definition) is 5. The fraction of sp³-hybridized carbons (Fsp3) is 0.879. The van der Waals surface area contributed by atoms with E-state index in [0.717, 1.165) is 44.9 Å². The first-order chi connectivity index (χ1) is 17.7. The molecule has 0 unspecified atom stereocenters. The first-order valence-electron chi connectivity index (χ1n) is 15.3. The molecule has 5 rings (SSSR count). The number of allylic oxidation sites excluding steroid dienone is 2. The Hall–Kier alpha value is -1.36. The van der Waals surface area contributed by atoms with E-state index < -0.39 is 11.4 Å². The fourth-order valence-corrected chi connectivity index (χ4v) is 11.2. The first-order valence-corrected chi connectivity index (χ1v) is 15.3. The fourth-order valence-electron chi connectivity index (χ4n) is 11.2. The van der Waals surface area contributed by atoms with Crippen molar-refractivity contribution in [2.75, 3.05) is 13.7 Å². The Morgan fingerprint density at radius 3 is 2.34 bits per heavy atom. The van der Waals surface area contributed by atoms with Crippen LogP contribution in [0.3, 0.4) is 0 Å². The molecule has 10 atom stereocenters. The van der Waals surface area contributed by atoms with Gasteiger partial charge in [0.25, 0.3) is 0 Å². The first kappa shape index (κ1) is 28.2. The zero-order valence-corrected chi connectivity index (χ0v) is 25.2. The van der Waals surface area contributed by atoms with Gasteiger partial charge in [-0.2, -0.15) is 0 Å². The molecule has 4 fully saturated rings. The van der Waals surface area contributed by atoms with Crippen molar-refractivity contribution in [3.05, 3.63) is 11.6 Å². The van der Waals surface area contributed by atoms with E-state index in [2.05, 4.69) is 54.5 Å². The van der Waals surface area contributed by atoms with E-state index in [9.17, 15) is 14.7 Å². The van der Waals surface area contributed by atoms with Crippen LogP contribution in [-0.4, -0.2) is 36.9 Å². The molecule has 0 amide bonds. The van der Waals surface area contributed by atoms with E-state index in [1.54, 1.807) is 0 Å². The molecular weight excluding hydrogens is 476 g/mol. The van der Waals surface area contributed by atoms with Gasteiger partial charge in [0, 0.05) is 0 Å². The highest BCUT2D eigenvalue weighted by molar-refractivity contribution is 5.81. The summed E-state index contributed by atoms with van der Waals surface area (Å²) in [6, 6.07) is 0. The van der Waals surface area contributed by atoms with Crippen LogP contribution in [0.1, 0.15) is 106 Å². The third-order valence-corrected chi connectivity index (χ3v) is 13.9. The Balaban J connectivity index is 1.55. The van der Waals surface area contributed by atoms with Gasteiger partial charge >= 0.3 is 11.9 Å². The highest BCUT2D eigenvalue weighted by Crippen LogP contribution is 2.75. The van der Waals surface area contributed by atoms with Gasteiger partial charge in [0.15, 0.2) is 6.61 Å². The third-order valence-electron chi connectivity index (χ3n) is 13.9. The molecule has 5 heteroatoms. The van der Waals surface area contributed by atoms with Gasteiger partial charge in [0.05, 0.1) is 18.6 Å². The molecule has 5 aliphatic carbocycles. The normalized spacial score (nSPS) is 49.3. The lowest BCUT2D eigenvalue weighted by Crippen LogP contribution is -2.65. The number of fused-ring (bicyclic) bond motifs is 7. The van der Waals surface area contributed by atoms with Gasteiger partial charge in [-0.15, -0.1) is 0 Å². The van der Waals surface area contributed by atoms with Gasteiger partial charge in [-0.1, -0.05) is 60.1 Å². The molecule has 0 saturated heterocycles. The maximum Gasteiger partial charge on any atom is 0.344 e. The molecule has 0 aromatic heterocycles. The average Bonchev–Trinajstić information content (AvgIpc) is 2.87. The van der Waals surface area contributed by atoms with Gasteiger partial charge in [-0.3, -0.25) is 4.79 Å². The van der Waals surface area contributed by atoms with Crippen molar-refractivity contribution in [3.8, 4) is 0 Å². The lowest BCUT2D eigenvalue weighted by Gasteiger charge is -2.71. The van der Waals surface area contributed by atoms with Crippen LogP contribution in [0, 0.1) is 56.7 Å². The molecule has 0 bridgehead atoms. The van der Waals surface area contributed by atoms with Crippen molar-refractivity contribution in [1.29, 1.82) is 0 Å². The third kappa shape index (κ3) is 3.58. The van der Waals surface area contributed by atoms with Gasteiger partial charge in [0.2, 0.25) is 0 Å². The van der Waals surface area contributed by atoms with Crippen LogP contribution < -0.4 is 0 Å². The van der Waals surface area contributed by atoms with Crippen LogP contribution in [0.4, 0.5) is 0 Å². The summed E-state index contributed by atoms with van der Waals surface area (Å²) in [4.78, 5) is 25.7. The molecule has 38 heavy (non-hydrogen) atoms. The Labute approximate surface area is 230 Å². The standard InChI is InChI=1S/C33H52O5/c1-20-11-16-33(28(36)38-19-26(35)37-8)18-17-31(6)22(27(33)21(20)2)9-10-24-30(5)14-13-25(34)29(3,4)23(30)12-15-32(24,31)7/h9,20-21,23-25,27,34H,10-19H2,1-8H3/t20-,21+,23+,24-,25+,27+,30+,31-,32-,33+/m1/s1. The predicted octanol–water partition coefficient (Wildman–Crippen LogP) is 6.72. The molecule has 0 heterocycles. The average molecular weight is 529 g/mol. The number of aliphatic hydroxyl groups excluding tert-OH is 1. The Morgan fingerprint density at radius 2 is 1.66 bits per heavy atom. The number of rotatable bonds is 3. The number of ether oxygens (including phenoxy) is 2. The summed E-state index contributed by atoms with van der Waals surface area (Å²) in [5.41, 5.74) is 1.30. The highest BCUT2D eigenvalue weighted by Gasteiger charge is 2.69. The summed E-state index contributed by atoms with van der Waals surface area (Å²) < 4.78 is 10.4. The number of methoxy groups -OCH3 is 1. The van der Waals surface area contributed by atoms with E-state index in [4.69, 9.17) is 9.47 Å². The minimum atomic E-state index is -0.549. The molecule has 5 nitrogen and oxygen atoms in total. The summed E-state index contributed by atoms with van der Waals surface area (Å²) in [5, 5.41) is 11.0. The quantitative estimate of drug-likeness (QED) is 0.325. The molecule has 214 valence electrons. The van der Waals surface area contributed by atoms with Gasteiger partial charge in [-0.05, 0) is 109 Å². The molecule has 0 spiro atoms. The minimum absolute atomic E-state index is 0.0339. The van der Waals surface area contributed by atoms with E-state index in [0.29, 0.717) is 23.7 Å². The SMILES string of the molecule is COC(=O)COC(=O)[C@]12CC[C@@H](C)[C@H](C)[C@H]1C1=CC[C@@H]3[C@@]4(C)CC[C@H](O)C(C)(C)[C@@H]4CC[C@@]3(C)[C@]1(C)CC2. The molecule has 0 aromatic rings. The van der Waals surface area contributed by atoms with E-state index >= 15 is 0 Å². The summed E-state index contributed by atoms with van der Waals surface area (Å²) in [6.45, 7) is 16.6. The topological polar surface area (TPSA) is 72.8 Å². The maximum absolute atomic E-state index is 13.8. The molecule has 0 radical (unpaired) electrons. The largest absolute Gasteiger partial charge is 0.466 e. The van der Waals surface area contributed by atoms with E-state index in [-0.39, 0.29) is 46.3 Å². The van der Waals surface area contributed by atoms with Crippen molar-refractivity contribution >= 4 is 11.9 Å². The summed E-state index contributed by atoms with van der Waals surface area (Å²) in [7, 11) is 1.33. The van der Waals surface area contributed by atoms with Crippen molar-refractivity contribution < 1.29 is 24.2 Å². The Morgan fingerprint density at radius 1 is 0.947 bits per heavy atom. The Bertz CT molecular complexity index is 1010. The van der Waals surface area contributed by atoms with Crippen LogP contribution in [0.25, 0.3) is 0 Å². The number of carbonyl (C=O) groups is 2. The van der Waals surface area contributed by atoms with E-state index in [1.807, 2.05) is 0 Å². The number of hydrogen-bond donors (Lipinski definition) is 1. The van der Waals surface area contributed by atoms with Crippen molar-refractivity contribution in [1.82, 2.24) is 0 Å². The zero-order valence-electron chi connectivity index (χ0n) is 25.2. The van der Waals surface area contributed by atoms with Crippen molar-refractivity contribution in [2.24, 2.45) is 56.7 Å². The van der Waals surface area contributed by atoms with Crippen LogP contribution in [0.15, 0.2) is 11.6 Å². The smallest absolute Gasteiger partial charge is 0.344 e. The second kappa shape index (κ2) is 9.08. The van der Waals surface area contributed by atoms with E-state index in [1.165, 1.54) is 25.5 Å². The second-order valence-corrected chi connectivity index (χ2v) is 15.3. The lowest BCUT2D eigenvalue weighted by atomic mass is 9.33. The molecule has 0 aromatic carbocycles. The second-order valence-electron chi connectivity index (χ2n) is 15.3. The summed E-state index contributed by atoms with van der Waals surface area (Å²) in [6.07, 6.45) is 11.4. The predicted molar refractivity (Wildman–Crippen MR) is 148 cm³/mol. The van der Waals surface area contributed by atoms with Crippen LogP contribution in [0.2, 0.25) is 0 Å². The van der Waals surface area contributed by atoms with Crippen molar-refractivity contribution in [3.63, 3.8) is 0 Å². The molecule has 5 aliphatic rings. The van der Waals surface area contributed by atoms with Gasteiger partial charge in [-0.25, -0.2) is 4.79 Å². The lowest BCUT2D eigenvalue weighted by molar-refractivity contribution is -0.207. The number of esters is 2. The highest BCUT2D eigenvalue weighted by atomic mass is 16.6. The maximum atomic E-state index is 13.8. The van der Waals surface area contributed by atoms with Crippen molar-refractivity contribution in [2.45, 2.75) is 112 Å². The van der Waals surface area contributed by atoms with Gasteiger partial charge in [0.1, 0.15) is 0 Å². The molecule has 0 aliphatic heterocycles. The van der Waals surface area contributed by atoms with Crippen LogP contribution in [-0.2, 0) is 19.1 Å².